The Morgan fingerprint density at radius 2 is 1.60 bits per heavy atom. The number of unbranched alkanes of at least 4 members (excludes halogenated alkanes) is 7. The van der Waals surface area contributed by atoms with Crippen LogP contribution in [0.2, 0.25) is 0 Å². The van der Waals surface area contributed by atoms with Gasteiger partial charge >= 0.3 is 5.97 Å². The minimum absolute atomic E-state index is 0.123. The quantitative estimate of drug-likeness (QED) is 0.173. The lowest BCUT2D eigenvalue weighted by molar-refractivity contribution is 0.0692. The van der Waals surface area contributed by atoms with E-state index in [9.17, 15) is 22.7 Å². The van der Waals surface area contributed by atoms with Gasteiger partial charge in [0.2, 0.25) is 10.0 Å². The summed E-state index contributed by atoms with van der Waals surface area (Å²) in [6.07, 6.45) is 14.5. The molecule has 0 amide bonds. The van der Waals surface area contributed by atoms with Crippen molar-refractivity contribution in [2.75, 3.05) is 25.1 Å². The minimum atomic E-state index is -3.98. The van der Waals surface area contributed by atoms with Gasteiger partial charge in [0, 0.05) is 37.0 Å². The van der Waals surface area contributed by atoms with Crippen LogP contribution in [0.4, 0.5) is 15.8 Å². The number of para-hydroxylation sites is 1. The highest BCUT2D eigenvalue weighted by Gasteiger charge is 2.41. The number of hydrogen-bond acceptors (Lipinski definition) is 5. The molecule has 5 rings (SSSR count). The summed E-state index contributed by atoms with van der Waals surface area (Å²) < 4.78 is 51.5. The summed E-state index contributed by atoms with van der Waals surface area (Å²) in [5.41, 5.74) is 1.74. The Morgan fingerprint density at radius 1 is 0.915 bits per heavy atom. The lowest BCUT2D eigenvalue weighted by atomic mass is 9.83. The second-order valence-corrected chi connectivity index (χ2v) is 15.0. The number of fused-ring (bicyclic) bond motifs is 1. The number of ether oxygens (including phenoxy) is 1. The molecular weight excluding hydrogens is 615 g/mol. The van der Waals surface area contributed by atoms with E-state index < -0.39 is 27.4 Å². The molecule has 254 valence electrons. The first kappa shape index (κ1) is 34.9. The van der Waals surface area contributed by atoms with Gasteiger partial charge in [0.15, 0.2) is 0 Å². The van der Waals surface area contributed by atoms with Gasteiger partial charge in [0.25, 0.3) is 0 Å². The fourth-order valence-corrected chi connectivity index (χ4v) is 8.74. The topological polar surface area (TPSA) is 87.1 Å². The number of likely N-dealkylation sites (N-methyl/N-ethyl adjacent to an activating group) is 1. The van der Waals surface area contributed by atoms with Crippen LogP contribution in [0.15, 0.2) is 65.6 Å². The number of carboxylic acids is 1. The molecule has 47 heavy (non-hydrogen) atoms. The van der Waals surface area contributed by atoms with E-state index in [1.807, 2.05) is 30.3 Å². The lowest BCUT2D eigenvalue weighted by Gasteiger charge is -2.36. The fraction of sp³-hybridized carbons (Fsp3) is 0.500. The van der Waals surface area contributed by atoms with Gasteiger partial charge in [0.05, 0.1) is 17.9 Å². The number of carbonyl (C=O) groups is 1. The van der Waals surface area contributed by atoms with Gasteiger partial charge in [0.1, 0.15) is 16.5 Å². The summed E-state index contributed by atoms with van der Waals surface area (Å²) in [5.74, 6) is -1.56. The number of halogens is 1. The third-order valence-corrected chi connectivity index (χ3v) is 11.8. The van der Waals surface area contributed by atoms with E-state index in [-0.39, 0.29) is 16.9 Å². The van der Waals surface area contributed by atoms with Crippen LogP contribution >= 0.6 is 0 Å². The van der Waals surface area contributed by atoms with Crippen LogP contribution in [0.5, 0.6) is 5.75 Å². The molecular formula is C38H49FN2O5S. The van der Waals surface area contributed by atoms with E-state index in [1.54, 1.807) is 23.5 Å². The Labute approximate surface area is 279 Å². The highest BCUT2D eigenvalue weighted by molar-refractivity contribution is 7.89. The lowest BCUT2D eigenvalue weighted by Crippen LogP contribution is -2.46. The van der Waals surface area contributed by atoms with Crippen LogP contribution in [0.25, 0.3) is 11.1 Å². The number of sulfonamides is 1. The van der Waals surface area contributed by atoms with Gasteiger partial charge in [-0.3, -0.25) is 0 Å². The molecule has 3 aromatic carbocycles. The van der Waals surface area contributed by atoms with Gasteiger partial charge in [-0.25, -0.2) is 17.6 Å². The number of nitrogens with zero attached hydrogens (tertiary/aromatic N) is 2. The molecule has 0 spiro atoms. The van der Waals surface area contributed by atoms with Crippen molar-refractivity contribution in [2.45, 2.75) is 101 Å². The normalized spacial score (nSPS) is 18.4. The Morgan fingerprint density at radius 3 is 2.28 bits per heavy atom. The number of rotatable bonds is 14. The zero-order chi connectivity index (χ0) is 33.4. The number of anilines is 2. The third-order valence-electron chi connectivity index (χ3n) is 9.87. The van der Waals surface area contributed by atoms with Crippen LogP contribution in [0, 0.1) is 11.7 Å². The number of hydrogen-bond donors (Lipinski definition) is 1. The van der Waals surface area contributed by atoms with Crippen molar-refractivity contribution in [3.8, 4) is 16.9 Å². The highest BCUT2D eigenvalue weighted by atomic mass is 32.2. The Kier molecular flexibility index (Phi) is 12.0. The molecule has 3 aromatic rings. The van der Waals surface area contributed by atoms with E-state index in [0.29, 0.717) is 35.7 Å². The van der Waals surface area contributed by atoms with Crippen molar-refractivity contribution < 1.29 is 27.4 Å². The summed E-state index contributed by atoms with van der Waals surface area (Å²) in [6, 6.07) is 16.9. The molecule has 7 nitrogen and oxygen atoms in total. The first-order valence-electron chi connectivity index (χ1n) is 17.4. The van der Waals surface area contributed by atoms with Crippen molar-refractivity contribution in [3.63, 3.8) is 0 Å². The summed E-state index contributed by atoms with van der Waals surface area (Å²) >= 11 is 0. The van der Waals surface area contributed by atoms with Gasteiger partial charge in [-0.1, -0.05) is 95.4 Å². The van der Waals surface area contributed by atoms with E-state index in [2.05, 4.69) is 11.8 Å². The van der Waals surface area contributed by atoms with Crippen molar-refractivity contribution in [1.82, 2.24) is 4.31 Å². The SMILES string of the molecule is CCCCCCCCCCOc1cc2c(cc1-c1ccc(F)c(C(=O)O)c1)S(=O)(=O)N(C)[C@H](C1CCCCC1)CN2c1ccccc1. The molecule has 2 aliphatic rings. The zero-order valence-corrected chi connectivity index (χ0v) is 28.6. The molecule has 1 saturated carbocycles. The Bertz CT molecular complexity index is 1610. The summed E-state index contributed by atoms with van der Waals surface area (Å²) in [6.45, 7) is 3.13. The van der Waals surface area contributed by atoms with Crippen molar-refractivity contribution >= 4 is 27.4 Å². The Balaban J connectivity index is 1.57. The second-order valence-electron chi connectivity index (χ2n) is 13.1. The van der Waals surface area contributed by atoms with Crippen LogP contribution in [-0.2, 0) is 10.0 Å². The maximum absolute atomic E-state index is 14.5. The van der Waals surface area contributed by atoms with E-state index in [4.69, 9.17) is 4.74 Å². The van der Waals surface area contributed by atoms with Gasteiger partial charge in [-0.05, 0) is 61.1 Å². The smallest absolute Gasteiger partial charge is 0.338 e. The molecule has 0 aromatic heterocycles. The predicted molar refractivity (Wildman–Crippen MR) is 186 cm³/mol. The average molecular weight is 665 g/mol. The van der Waals surface area contributed by atoms with Crippen molar-refractivity contribution in [2.24, 2.45) is 5.92 Å². The predicted octanol–water partition coefficient (Wildman–Crippen LogP) is 9.43. The second kappa shape index (κ2) is 16.1. The summed E-state index contributed by atoms with van der Waals surface area (Å²) in [7, 11) is -2.29. The fourth-order valence-electron chi connectivity index (χ4n) is 7.14. The summed E-state index contributed by atoms with van der Waals surface area (Å²) in [5, 5.41) is 9.68. The first-order valence-corrected chi connectivity index (χ1v) is 18.8. The van der Waals surface area contributed by atoms with Crippen LogP contribution in [-0.4, -0.2) is 50.0 Å². The van der Waals surface area contributed by atoms with E-state index in [0.717, 1.165) is 56.7 Å². The molecule has 0 saturated heterocycles. The average Bonchev–Trinajstić information content (AvgIpc) is 3.16. The third kappa shape index (κ3) is 8.18. The highest BCUT2D eigenvalue weighted by Crippen LogP contribution is 2.45. The maximum Gasteiger partial charge on any atom is 0.338 e. The number of benzene rings is 3. The van der Waals surface area contributed by atoms with Crippen molar-refractivity contribution in [3.05, 3.63) is 72.0 Å². The molecule has 9 heteroatoms. The number of carboxylic acid groups (broad SMARTS) is 1. The molecule has 1 aliphatic carbocycles. The van der Waals surface area contributed by atoms with E-state index >= 15 is 0 Å². The summed E-state index contributed by atoms with van der Waals surface area (Å²) in [4.78, 5) is 14.1. The zero-order valence-electron chi connectivity index (χ0n) is 27.8. The van der Waals surface area contributed by atoms with E-state index in [1.165, 1.54) is 50.7 Å². The molecule has 1 heterocycles. The molecule has 0 bridgehead atoms. The van der Waals surface area contributed by atoms with Gasteiger partial charge in [-0.2, -0.15) is 4.31 Å². The molecule has 0 radical (unpaired) electrons. The van der Waals surface area contributed by atoms with Crippen LogP contribution in [0.1, 0.15) is 101 Å². The molecule has 1 N–H and O–H groups in total. The number of aromatic carboxylic acids is 1. The molecule has 1 fully saturated rings. The minimum Gasteiger partial charge on any atom is -0.493 e. The molecule has 1 atom stereocenters. The van der Waals surface area contributed by atoms with Crippen LogP contribution < -0.4 is 9.64 Å². The van der Waals surface area contributed by atoms with Gasteiger partial charge < -0.3 is 14.7 Å². The standard InChI is InChI=1S/C38H49FN2O5S/c1-3-4-5-6-7-8-9-16-23-46-36-26-34-37(25-31(36)29-21-22-33(39)32(24-29)38(42)43)47(44,45)40(2)35(28-17-12-10-13-18-28)27-41(34)30-19-14-11-15-20-30/h11,14-15,19-22,24-26,28,35H,3-10,12-13,16-18,23,27H2,1-2H3,(H,42,43)/t35-/m0/s1. The monoisotopic (exact) mass is 664 g/mol. The van der Waals surface area contributed by atoms with Crippen molar-refractivity contribution in [1.29, 1.82) is 0 Å². The first-order chi connectivity index (χ1) is 22.7. The van der Waals surface area contributed by atoms with Gasteiger partial charge in [-0.15, -0.1) is 0 Å². The molecule has 1 aliphatic heterocycles. The maximum atomic E-state index is 14.5. The Hall–Kier alpha value is -3.43. The largest absolute Gasteiger partial charge is 0.493 e. The molecule has 0 unspecified atom stereocenters. The van der Waals surface area contributed by atoms with Crippen LogP contribution in [0.3, 0.4) is 0 Å².